The van der Waals surface area contributed by atoms with Crippen LogP contribution < -0.4 is 0 Å². The second kappa shape index (κ2) is 15.3. The van der Waals surface area contributed by atoms with Gasteiger partial charge in [0.15, 0.2) is 0 Å². The normalized spacial score (nSPS) is 12.0. The Labute approximate surface area is 143 Å². The Kier molecular flexibility index (Phi) is 15.7. The molecule has 0 rings (SSSR count). The molecule has 0 N–H and O–H groups in total. The Morgan fingerprint density at radius 2 is 0.952 bits per heavy atom. The molecule has 128 valence electrons. The second-order valence-corrected chi connectivity index (χ2v) is 8.11. The third kappa shape index (κ3) is 16.6. The van der Waals surface area contributed by atoms with Crippen molar-refractivity contribution in [1.82, 2.24) is 0 Å². The quantitative estimate of drug-likeness (QED) is 0.166. The van der Waals surface area contributed by atoms with Crippen LogP contribution in [-0.4, -0.2) is 37.0 Å². The van der Waals surface area contributed by atoms with Crippen LogP contribution in [0.2, 0.25) is 0 Å². The minimum absolute atomic E-state index is 1.17. The van der Waals surface area contributed by atoms with Crippen molar-refractivity contribution in [3.05, 3.63) is 0 Å². The molecule has 0 aromatic carbocycles. The molecule has 2 heteroatoms. The molecule has 0 aliphatic carbocycles. The van der Waals surface area contributed by atoms with E-state index in [4.69, 9.17) is 0 Å². The SMILES string of the molecule is CCCCCCCCCCC[N+](C)(C)CCCCCCBr. The largest absolute Gasteiger partial charge is 0.328 e. The summed E-state index contributed by atoms with van der Waals surface area (Å²) >= 11 is 3.51. The van der Waals surface area contributed by atoms with Gasteiger partial charge in [0.25, 0.3) is 0 Å². The summed E-state index contributed by atoms with van der Waals surface area (Å²) in [7, 11) is 4.82. The number of quaternary nitrogens is 1. The zero-order valence-electron chi connectivity index (χ0n) is 15.1. The van der Waals surface area contributed by atoms with Gasteiger partial charge in [0.2, 0.25) is 0 Å². The van der Waals surface area contributed by atoms with Crippen molar-refractivity contribution in [1.29, 1.82) is 0 Å². The van der Waals surface area contributed by atoms with Crippen molar-refractivity contribution in [2.75, 3.05) is 32.5 Å². The summed E-state index contributed by atoms with van der Waals surface area (Å²) in [6, 6.07) is 0. The van der Waals surface area contributed by atoms with E-state index in [0.29, 0.717) is 0 Å². The third-order valence-electron chi connectivity index (χ3n) is 4.51. The maximum atomic E-state index is 3.51. The lowest BCUT2D eigenvalue weighted by Gasteiger charge is -2.30. The first-order valence-electron chi connectivity index (χ1n) is 9.50. The van der Waals surface area contributed by atoms with Crippen LogP contribution in [0.1, 0.15) is 90.4 Å². The summed E-state index contributed by atoms with van der Waals surface area (Å²) in [6.07, 6.45) is 18.5. The van der Waals surface area contributed by atoms with E-state index in [2.05, 4.69) is 36.9 Å². The fourth-order valence-electron chi connectivity index (χ4n) is 2.95. The highest BCUT2D eigenvalue weighted by Gasteiger charge is 2.13. The van der Waals surface area contributed by atoms with Gasteiger partial charge in [0, 0.05) is 5.33 Å². The van der Waals surface area contributed by atoms with Crippen molar-refractivity contribution < 1.29 is 4.48 Å². The Morgan fingerprint density at radius 3 is 1.38 bits per heavy atom. The van der Waals surface area contributed by atoms with Crippen molar-refractivity contribution in [2.24, 2.45) is 0 Å². The number of nitrogens with zero attached hydrogens (tertiary/aromatic N) is 1. The summed E-state index contributed by atoms with van der Waals surface area (Å²) in [5.74, 6) is 0. The molecule has 0 bridgehead atoms. The van der Waals surface area contributed by atoms with Crippen LogP contribution in [0.25, 0.3) is 0 Å². The monoisotopic (exact) mass is 362 g/mol. The van der Waals surface area contributed by atoms with Gasteiger partial charge in [-0.3, -0.25) is 0 Å². The molecule has 0 aromatic heterocycles. The average molecular weight is 363 g/mol. The molecule has 0 heterocycles. The smallest absolute Gasteiger partial charge is 0.0782 e. The molecule has 0 aromatic rings. The molecule has 0 saturated carbocycles. The molecule has 0 radical (unpaired) electrons. The van der Waals surface area contributed by atoms with E-state index >= 15 is 0 Å². The van der Waals surface area contributed by atoms with E-state index in [1.807, 2.05) is 0 Å². The Morgan fingerprint density at radius 1 is 0.571 bits per heavy atom. The van der Waals surface area contributed by atoms with Crippen LogP contribution in [0, 0.1) is 0 Å². The second-order valence-electron chi connectivity index (χ2n) is 7.31. The van der Waals surface area contributed by atoms with E-state index < -0.39 is 0 Å². The summed E-state index contributed by atoms with van der Waals surface area (Å²) in [5, 5.41) is 1.17. The molecule has 0 amide bonds. The molecule has 0 saturated heterocycles. The van der Waals surface area contributed by atoms with Crippen molar-refractivity contribution >= 4 is 15.9 Å². The van der Waals surface area contributed by atoms with Gasteiger partial charge in [-0.1, -0.05) is 74.2 Å². The Balaban J connectivity index is 3.32. The summed E-state index contributed by atoms with van der Waals surface area (Å²) in [5.41, 5.74) is 0. The molecular formula is C19H41BrN+. The predicted octanol–water partition coefficient (Wildman–Crippen LogP) is 6.55. The van der Waals surface area contributed by atoms with Gasteiger partial charge >= 0.3 is 0 Å². The zero-order chi connectivity index (χ0) is 15.8. The first kappa shape index (κ1) is 21.4. The number of unbranched alkanes of at least 4 members (excludes halogenated alkanes) is 11. The van der Waals surface area contributed by atoms with Crippen LogP contribution >= 0.6 is 15.9 Å². The van der Waals surface area contributed by atoms with Gasteiger partial charge in [0.05, 0.1) is 27.2 Å². The van der Waals surface area contributed by atoms with E-state index in [9.17, 15) is 0 Å². The third-order valence-corrected chi connectivity index (χ3v) is 5.07. The van der Waals surface area contributed by atoms with Gasteiger partial charge in [-0.15, -0.1) is 0 Å². The van der Waals surface area contributed by atoms with Crippen molar-refractivity contribution in [2.45, 2.75) is 90.4 Å². The predicted molar refractivity (Wildman–Crippen MR) is 101 cm³/mol. The first-order valence-corrected chi connectivity index (χ1v) is 10.6. The van der Waals surface area contributed by atoms with Gasteiger partial charge in [0.1, 0.15) is 0 Å². The van der Waals surface area contributed by atoms with Crippen LogP contribution in [-0.2, 0) is 0 Å². The van der Waals surface area contributed by atoms with Gasteiger partial charge < -0.3 is 4.48 Å². The minimum atomic E-state index is 1.17. The van der Waals surface area contributed by atoms with Crippen LogP contribution in [0.3, 0.4) is 0 Å². The average Bonchev–Trinajstić information content (AvgIpc) is 2.45. The fraction of sp³-hybridized carbons (Fsp3) is 1.00. The lowest BCUT2D eigenvalue weighted by atomic mass is 10.1. The topological polar surface area (TPSA) is 0 Å². The highest BCUT2D eigenvalue weighted by Crippen LogP contribution is 2.12. The molecular weight excluding hydrogens is 322 g/mol. The number of hydrogen-bond acceptors (Lipinski definition) is 0. The van der Waals surface area contributed by atoms with Crippen LogP contribution in [0.15, 0.2) is 0 Å². The first-order chi connectivity index (χ1) is 10.1. The van der Waals surface area contributed by atoms with E-state index in [1.165, 1.54) is 106 Å². The van der Waals surface area contributed by atoms with Crippen LogP contribution in [0.4, 0.5) is 0 Å². The lowest BCUT2D eigenvalue weighted by Crippen LogP contribution is -2.41. The van der Waals surface area contributed by atoms with E-state index in [0.717, 1.165) is 0 Å². The van der Waals surface area contributed by atoms with Crippen molar-refractivity contribution in [3.8, 4) is 0 Å². The molecule has 0 atom stereocenters. The summed E-state index contributed by atoms with van der Waals surface area (Å²) in [4.78, 5) is 0. The van der Waals surface area contributed by atoms with Crippen LogP contribution in [0.5, 0.6) is 0 Å². The zero-order valence-corrected chi connectivity index (χ0v) is 16.7. The summed E-state index contributed by atoms with van der Waals surface area (Å²) < 4.78 is 1.23. The number of hydrogen-bond donors (Lipinski definition) is 0. The molecule has 0 unspecified atom stereocenters. The molecule has 21 heavy (non-hydrogen) atoms. The number of alkyl halides is 1. The summed E-state index contributed by atoms with van der Waals surface area (Å²) in [6.45, 7) is 5.02. The Bertz CT molecular complexity index is 204. The Hall–Kier alpha value is 0.440. The standard InChI is InChI=1S/C19H41BrN/c1-4-5-6-7-8-9-10-12-15-18-21(2,3)19-16-13-11-14-17-20/h4-19H2,1-3H3/q+1. The number of rotatable bonds is 16. The maximum absolute atomic E-state index is 3.51. The number of halogens is 1. The molecule has 0 aliphatic rings. The van der Waals surface area contributed by atoms with E-state index in [1.54, 1.807) is 0 Å². The van der Waals surface area contributed by atoms with E-state index in [-0.39, 0.29) is 0 Å². The van der Waals surface area contributed by atoms with Gasteiger partial charge in [-0.25, -0.2) is 0 Å². The molecule has 0 aliphatic heterocycles. The molecule has 0 fully saturated rings. The van der Waals surface area contributed by atoms with Gasteiger partial charge in [-0.2, -0.15) is 0 Å². The fourth-order valence-corrected chi connectivity index (χ4v) is 3.35. The molecule has 0 spiro atoms. The highest BCUT2D eigenvalue weighted by molar-refractivity contribution is 9.09. The van der Waals surface area contributed by atoms with Gasteiger partial charge in [-0.05, 0) is 32.1 Å². The molecule has 1 nitrogen and oxygen atoms in total. The highest BCUT2D eigenvalue weighted by atomic mass is 79.9. The maximum Gasteiger partial charge on any atom is 0.0782 e. The lowest BCUT2D eigenvalue weighted by molar-refractivity contribution is -0.890. The minimum Gasteiger partial charge on any atom is -0.328 e. The van der Waals surface area contributed by atoms with Crippen molar-refractivity contribution in [3.63, 3.8) is 0 Å².